The first kappa shape index (κ1) is 14.6. The van der Waals surface area contributed by atoms with Crippen LogP contribution in [-0.2, 0) is 10.2 Å². The maximum atomic E-state index is 6.34. The van der Waals surface area contributed by atoms with Crippen molar-refractivity contribution < 1.29 is 4.74 Å². The van der Waals surface area contributed by atoms with Crippen LogP contribution in [0.25, 0.3) is 10.9 Å². The van der Waals surface area contributed by atoms with Gasteiger partial charge in [-0.2, -0.15) is 0 Å². The lowest BCUT2D eigenvalue weighted by Crippen LogP contribution is -2.36. The molecule has 2 heterocycles. The average Bonchev–Trinajstić information content (AvgIpc) is 2.46. The van der Waals surface area contributed by atoms with Gasteiger partial charge in [0.1, 0.15) is 5.15 Å². The molecular weight excluding hydrogens is 284 g/mol. The predicted octanol–water partition coefficient (Wildman–Crippen LogP) is 4.02. The van der Waals surface area contributed by atoms with E-state index in [1.807, 2.05) is 0 Å². The zero-order valence-electron chi connectivity index (χ0n) is 12.8. The molecule has 3 rings (SSSR count). The highest BCUT2D eigenvalue weighted by Gasteiger charge is 2.19. The van der Waals surface area contributed by atoms with Crippen molar-refractivity contribution >= 4 is 28.2 Å². The molecule has 2 aromatic rings. The number of rotatable bonds is 1. The van der Waals surface area contributed by atoms with Crippen molar-refractivity contribution in [1.82, 2.24) is 4.98 Å². The average molecular weight is 305 g/mol. The van der Waals surface area contributed by atoms with Gasteiger partial charge in [-0.1, -0.05) is 32.4 Å². The van der Waals surface area contributed by atoms with Crippen LogP contribution in [0, 0.1) is 0 Å². The van der Waals surface area contributed by atoms with Crippen LogP contribution in [0.2, 0.25) is 5.15 Å². The SMILES string of the molecule is CC(C)(C)c1cc2cc(N3CCOCC3)ccc2nc1Cl. The molecular formula is C17H21ClN2O. The van der Waals surface area contributed by atoms with Crippen LogP contribution in [0.4, 0.5) is 5.69 Å². The Bertz CT molecular complexity index is 658. The zero-order chi connectivity index (χ0) is 15.0. The molecule has 112 valence electrons. The van der Waals surface area contributed by atoms with Gasteiger partial charge < -0.3 is 9.64 Å². The second kappa shape index (κ2) is 5.47. The number of nitrogens with zero attached hydrogens (tertiary/aromatic N) is 2. The van der Waals surface area contributed by atoms with Gasteiger partial charge in [0.05, 0.1) is 18.7 Å². The summed E-state index contributed by atoms with van der Waals surface area (Å²) in [4.78, 5) is 6.91. The van der Waals surface area contributed by atoms with E-state index in [1.54, 1.807) is 0 Å². The first-order valence-corrected chi connectivity index (χ1v) is 7.76. The molecule has 21 heavy (non-hydrogen) atoms. The molecule has 1 aliphatic heterocycles. The first-order chi connectivity index (χ1) is 9.95. The second-order valence-corrected chi connectivity index (χ2v) is 6.91. The highest BCUT2D eigenvalue weighted by molar-refractivity contribution is 6.30. The Labute approximate surface area is 130 Å². The third kappa shape index (κ3) is 2.99. The fourth-order valence-corrected chi connectivity index (χ4v) is 3.11. The van der Waals surface area contributed by atoms with Gasteiger partial charge in [-0.15, -0.1) is 0 Å². The molecule has 0 N–H and O–H groups in total. The molecule has 1 aromatic carbocycles. The monoisotopic (exact) mass is 304 g/mol. The number of anilines is 1. The third-order valence-corrected chi connectivity index (χ3v) is 4.22. The summed E-state index contributed by atoms with van der Waals surface area (Å²) in [5.41, 5.74) is 3.27. The van der Waals surface area contributed by atoms with Gasteiger partial charge in [-0.3, -0.25) is 0 Å². The van der Waals surface area contributed by atoms with E-state index in [0.29, 0.717) is 5.15 Å². The van der Waals surface area contributed by atoms with E-state index in [2.05, 4.69) is 54.9 Å². The van der Waals surface area contributed by atoms with Gasteiger partial charge >= 0.3 is 0 Å². The lowest BCUT2D eigenvalue weighted by molar-refractivity contribution is 0.122. The van der Waals surface area contributed by atoms with Gasteiger partial charge in [0.2, 0.25) is 0 Å². The van der Waals surface area contributed by atoms with E-state index in [9.17, 15) is 0 Å². The summed E-state index contributed by atoms with van der Waals surface area (Å²) >= 11 is 6.34. The minimum atomic E-state index is -0.00670. The Balaban J connectivity index is 2.05. The number of fused-ring (bicyclic) bond motifs is 1. The molecule has 0 unspecified atom stereocenters. The normalized spacial score (nSPS) is 16.5. The summed E-state index contributed by atoms with van der Waals surface area (Å²) in [6, 6.07) is 8.56. The molecule has 1 aliphatic rings. The number of morpholine rings is 1. The molecule has 3 nitrogen and oxygen atoms in total. The molecule has 0 spiro atoms. The molecule has 0 bridgehead atoms. The summed E-state index contributed by atoms with van der Waals surface area (Å²) in [5, 5.41) is 1.75. The number of ether oxygens (including phenoxy) is 1. The minimum absolute atomic E-state index is 0.00670. The summed E-state index contributed by atoms with van der Waals surface area (Å²) < 4.78 is 5.42. The van der Waals surface area contributed by atoms with Crippen molar-refractivity contribution in [1.29, 1.82) is 0 Å². The quantitative estimate of drug-likeness (QED) is 0.744. The molecule has 0 saturated carbocycles. The minimum Gasteiger partial charge on any atom is -0.378 e. The fourth-order valence-electron chi connectivity index (χ4n) is 2.68. The number of halogens is 1. The first-order valence-electron chi connectivity index (χ1n) is 7.38. The lowest BCUT2D eigenvalue weighted by Gasteiger charge is -2.29. The summed E-state index contributed by atoms with van der Waals surface area (Å²) in [5.74, 6) is 0. The largest absolute Gasteiger partial charge is 0.378 e. The van der Waals surface area contributed by atoms with Crippen LogP contribution in [0.3, 0.4) is 0 Å². The summed E-state index contributed by atoms with van der Waals surface area (Å²) in [6.45, 7) is 9.96. The molecule has 1 saturated heterocycles. The maximum absolute atomic E-state index is 6.34. The van der Waals surface area contributed by atoms with Crippen molar-refractivity contribution in [3.05, 3.63) is 35.0 Å². The number of aromatic nitrogens is 1. The molecule has 0 amide bonds. The summed E-state index contributed by atoms with van der Waals surface area (Å²) in [6.07, 6.45) is 0. The van der Waals surface area contributed by atoms with Gasteiger partial charge in [-0.05, 0) is 35.2 Å². The van der Waals surface area contributed by atoms with Crippen LogP contribution in [0.15, 0.2) is 24.3 Å². The number of hydrogen-bond donors (Lipinski definition) is 0. The van der Waals surface area contributed by atoms with Crippen molar-refractivity contribution in [3.63, 3.8) is 0 Å². The smallest absolute Gasteiger partial charge is 0.133 e. The molecule has 0 atom stereocenters. The number of pyridine rings is 1. The van der Waals surface area contributed by atoms with Gasteiger partial charge in [0.25, 0.3) is 0 Å². The van der Waals surface area contributed by atoms with Crippen molar-refractivity contribution in [3.8, 4) is 0 Å². The standard InChI is InChI=1S/C17H21ClN2O/c1-17(2,3)14-11-12-10-13(20-6-8-21-9-7-20)4-5-15(12)19-16(14)18/h4-5,10-11H,6-9H2,1-3H3. The van der Waals surface area contributed by atoms with Gasteiger partial charge in [-0.25, -0.2) is 4.98 Å². The van der Waals surface area contributed by atoms with E-state index in [0.717, 1.165) is 42.8 Å². The Kier molecular flexibility index (Phi) is 3.80. The van der Waals surface area contributed by atoms with Crippen LogP contribution < -0.4 is 4.90 Å². The second-order valence-electron chi connectivity index (χ2n) is 6.55. The Morgan fingerprint density at radius 1 is 1.14 bits per heavy atom. The lowest BCUT2D eigenvalue weighted by atomic mass is 9.87. The molecule has 0 aliphatic carbocycles. The molecule has 4 heteroatoms. The summed E-state index contributed by atoms with van der Waals surface area (Å²) in [7, 11) is 0. The Morgan fingerprint density at radius 2 is 1.86 bits per heavy atom. The Hall–Kier alpha value is -1.32. The van der Waals surface area contributed by atoms with E-state index in [1.165, 1.54) is 5.69 Å². The van der Waals surface area contributed by atoms with Gasteiger partial charge in [0, 0.05) is 24.2 Å². The number of hydrogen-bond acceptors (Lipinski definition) is 3. The number of benzene rings is 1. The van der Waals surface area contributed by atoms with E-state index < -0.39 is 0 Å². The zero-order valence-corrected chi connectivity index (χ0v) is 13.6. The van der Waals surface area contributed by atoms with Crippen LogP contribution in [0.1, 0.15) is 26.3 Å². The van der Waals surface area contributed by atoms with E-state index in [-0.39, 0.29) is 5.41 Å². The maximum Gasteiger partial charge on any atom is 0.133 e. The van der Waals surface area contributed by atoms with Crippen molar-refractivity contribution in [2.24, 2.45) is 0 Å². The molecule has 1 aromatic heterocycles. The van der Waals surface area contributed by atoms with Gasteiger partial charge in [0.15, 0.2) is 0 Å². The van der Waals surface area contributed by atoms with Crippen LogP contribution in [0.5, 0.6) is 0 Å². The third-order valence-electron chi connectivity index (χ3n) is 3.94. The topological polar surface area (TPSA) is 25.4 Å². The molecule has 0 radical (unpaired) electrons. The van der Waals surface area contributed by atoms with Crippen LogP contribution in [-0.4, -0.2) is 31.3 Å². The Morgan fingerprint density at radius 3 is 2.52 bits per heavy atom. The van der Waals surface area contributed by atoms with E-state index in [4.69, 9.17) is 16.3 Å². The highest BCUT2D eigenvalue weighted by atomic mass is 35.5. The van der Waals surface area contributed by atoms with E-state index >= 15 is 0 Å². The predicted molar refractivity (Wildman–Crippen MR) is 88.5 cm³/mol. The van der Waals surface area contributed by atoms with Crippen LogP contribution >= 0.6 is 11.6 Å². The van der Waals surface area contributed by atoms with Crippen molar-refractivity contribution in [2.45, 2.75) is 26.2 Å². The highest BCUT2D eigenvalue weighted by Crippen LogP contribution is 2.32. The fraction of sp³-hybridized carbons (Fsp3) is 0.471. The molecule has 1 fully saturated rings. The van der Waals surface area contributed by atoms with Crippen molar-refractivity contribution in [2.75, 3.05) is 31.2 Å².